The minimum Gasteiger partial charge on any atom is -0.481 e. The topological polar surface area (TPSA) is 94.9 Å². The van der Waals surface area contributed by atoms with E-state index in [0.29, 0.717) is 18.3 Å². The number of alkyl halides is 1. The van der Waals surface area contributed by atoms with E-state index in [4.69, 9.17) is 10.2 Å². The molecule has 1 rings (SSSR count). The van der Waals surface area contributed by atoms with E-state index in [9.17, 15) is 14.4 Å². The van der Waals surface area contributed by atoms with Gasteiger partial charge in [0.25, 0.3) is 0 Å². The number of rotatable bonds is 7. The maximum absolute atomic E-state index is 11.7. The average Bonchev–Trinajstić information content (AvgIpc) is 2.65. The molecule has 2 atom stereocenters. The van der Waals surface area contributed by atoms with E-state index in [-0.39, 0.29) is 23.3 Å². The van der Waals surface area contributed by atoms with E-state index >= 15 is 0 Å². The summed E-state index contributed by atoms with van der Waals surface area (Å²) in [6, 6.07) is -0.939. The zero-order valence-electron chi connectivity index (χ0n) is 9.54. The van der Waals surface area contributed by atoms with Gasteiger partial charge < -0.3 is 15.1 Å². The predicted molar refractivity (Wildman–Crippen MR) is 70.0 cm³/mol. The fourth-order valence-corrected chi connectivity index (χ4v) is 3.04. The molecule has 102 valence electrons. The van der Waals surface area contributed by atoms with Gasteiger partial charge in [0.05, 0.1) is 5.75 Å². The number of carbonyl (C=O) groups is 3. The standard InChI is InChI=1S/C10H14BrNO5S/c11-2-6-1-8(13)12(3-6)7(10(16)17)4-18-5-9(14)15/h6-7H,1-5H2,(H,14,15)(H,16,17)/t6?,7-/m0/s1. The molecule has 1 unspecified atom stereocenters. The average molecular weight is 340 g/mol. The number of hydrogen-bond acceptors (Lipinski definition) is 4. The summed E-state index contributed by atoms with van der Waals surface area (Å²) in [5.74, 6) is -2.19. The number of carbonyl (C=O) groups excluding carboxylic acids is 1. The van der Waals surface area contributed by atoms with Crippen LogP contribution in [0.15, 0.2) is 0 Å². The first-order valence-electron chi connectivity index (χ1n) is 5.33. The summed E-state index contributed by atoms with van der Waals surface area (Å²) < 4.78 is 0. The lowest BCUT2D eigenvalue weighted by atomic mass is 10.2. The fourth-order valence-electron chi connectivity index (χ4n) is 1.77. The molecule has 1 aliphatic rings. The number of carboxylic acids is 2. The third-order valence-electron chi connectivity index (χ3n) is 2.62. The number of amides is 1. The zero-order chi connectivity index (χ0) is 13.7. The Labute approximate surface area is 117 Å². The second kappa shape index (κ2) is 6.98. The van der Waals surface area contributed by atoms with E-state index < -0.39 is 18.0 Å². The Morgan fingerprint density at radius 3 is 2.61 bits per heavy atom. The first kappa shape index (κ1) is 15.3. The number of nitrogens with zero attached hydrogens (tertiary/aromatic N) is 1. The van der Waals surface area contributed by atoms with Gasteiger partial charge in [0, 0.05) is 24.0 Å². The third-order valence-corrected chi connectivity index (χ3v) is 4.54. The van der Waals surface area contributed by atoms with Gasteiger partial charge in [-0.1, -0.05) is 15.9 Å². The van der Waals surface area contributed by atoms with Crippen molar-refractivity contribution in [3.63, 3.8) is 0 Å². The smallest absolute Gasteiger partial charge is 0.327 e. The molecule has 0 aromatic heterocycles. The molecule has 2 N–H and O–H groups in total. The molecule has 1 fully saturated rings. The Hall–Kier alpha value is -0.760. The van der Waals surface area contributed by atoms with Gasteiger partial charge in [0.15, 0.2) is 0 Å². The third kappa shape index (κ3) is 4.16. The maximum atomic E-state index is 11.7. The van der Waals surface area contributed by atoms with Crippen molar-refractivity contribution < 1.29 is 24.6 Å². The molecule has 6 nitrogen and oxygen atoms in total. The largest absolute Gasteiger partial charge is 0.481 e. The summed E-state index contributed by atoms with van der Waals surface area (Å²) in [5, 5.41) is 18.3. The van der Waals surface area contributed by atoms with Crippen molar-refractivity contribution in [1.82, 2.24) is 4.90 Å². The lowest BCUT2D eigenvalue weighted by Crippen LogP contribution is -2.44. The molecule has 1 saturated heterocycles. The van der Waals surface area contributed by atoms with Gasteiger partial charge in [-0.2, -0.15) is 0 Å². The Kier molecular flexibility index (Phi) is 5.94. The Morgan fingerprint density at radius 1 is 1.50 bits per heavy atom. The minimum absolute atomic E-state index is 0.0996. The van der Waals surface area contributed by atoms with Crippen molar-refractivity contribution in [2.45, 2.75) is 12.5 Å². The molecule has 1 amide bonds. The first-order chi connectivity index (χ1) is 8.45. The van der Waals surface area contributed by atoms with Crippen LogP contribution in [0.1, 0.15) is 6.42 Å². The van der Waals surface area contributed by atoms with Gasteiger partial charge in [-0.05, 0) is 5.92 Å². The van der Waals surface area contributed by atoms with Crippen LogP contribution in [-0.4, -0.2) is 62.4 Å². The van der Waals surface area contributed by atoms with Crippen molar-refractivity contribution in [3.05, 3.63) is 0 Å². The molecule has 0 radical (unpaired) electrons. The van der Waals surface area contributed by atoms with Crippen molar-refractivity contribution >= 4 is 45.5 Å². The SMILES string of the molecule is O=C(O)CSC[C@@H](C(=O)O)N1CC(CBr)CC1=O. The molecule has 18 heavy (non-hydrogen) atoms. The lowest BCUT2D eigenvalue weighted by molar-refractivity contribution is -0.147. The summed E-state index contributed by atoms with van der Waals surface area (Å²) >= 11 is 4.29. The van der Waals surface area contributed by atoms with Crippen molar-refractivity contribution in [2.24, 2.45) is 5.92 Å². The maximum Gasteiger partial charge on any atom is 0.327 e. The molecular formula is C10H14BrNO5S. The van der Waals surface area contributed by atoms with Crippen molar-refractivity contribution in [2.75, 3.05) is 23.4 Å². The Morgan fingerprint density at radius 2 is 2.17 bits per heavy atom. The lowest BCUT2D eigenvalue weighted by Gasteiger charge is -2.24. The minimum atomic E-state index is -1.09. The molecule has 0 bridgehead atoms. The quantitative estimate of drug-likeness (QED) is 0.656. The van der Waals surface area contributed by atoms with Crippen LogP contribution in [0, 0.1) is 5.92 Å². The monoisotopic (exact) mass is 339 g/mol. The van der Waals surface area contributed by atoms with Crippen molar-refractivity contribution in [3.8, 4) is 0 Å². The van der Waals surface area contributed by atoms with Crippen LogP contribution in [0.25, 0.3) is 0 Å². The molecule has 1 heterocycles. The first-order valence-corrected chi connectivity index (χ1v) is 7.61. The molecule has 1 aliphatic heterocycles. The molecule has 0 aromatic carbocycles. The van der Waals surface area contributed by atoms with Crippen LogP contribution in [0.4, 0.5) is 0 Å². The number of hydrogen-bond donors (Lipinski definition) is 2. The molecule has 0 aliphatic carbocycles. The summed E-state index contributed by atoms with van der Waals surface area (Å²) in [6.45, 7) is 0.411. The van der Waals surface area contributed by atoms with E-state index in [1.54, 1.807) is 0 Å². The van der Waals surface area contributed by atoms with Gasteiger partial charge >= 0.3 is 11.9 Å². The second-order valence-electron chi connectivity index (χ2n) is 4.03. The number of halogens is 1. The van der Waals surface area contributed by atoms with Gasteiger partial charge in [0.1, 0.15) is 6.04 Å². The van der Waals surface area contributed by atoms with Gasteiger partial charge in [-0.3, -0.25) is 9.59 Å². The van der Waals surface area contributed by atoms with Gasteiger partial charge in [0.2, 0.25) is 5.91 Å². The number of carboxylic acid groups (broad SMARTS) is 2. The van der Waals surface area contributed by atoms with E-state index in [0.717, 1.165) is 11.8 Å². The van der Waals surface area contributed by atoms with E-state index in [2.05, 4.69) is 15.9 Å². The van der Waals surface area contributed by atoms with Crippen LogP contribution in [0.5, 0.6) is 0 Å². The molecule has 0 spiro atoms. The van der Waals surface area contributed by atoms with Crippen molar-refractivity contribution in [1.29, 1.82) is 0 Å². The van der Waals surface area contributed by atoms with E-state index in [1.807, 2.05) is 0 Å². The van der Waals surface area contributed by atoms with Crippen LogP contribution in [-0.2, 0) is 14.4 Å². The van der Waals surface area contributed by atoms with E-state index in [1.165, 1.54) is 4.90 Å². The number of thioether (sulfide) groups is 1. The molecular weight excluding hydrogens is 326 g/mol. The predicted octanol–water partition coefficient (Wildman–Crippen LogP) is 0.501. The highest BCUT2D eigenvalue weighted by Gasteiger charge is 2.37. The highest BCUT2D eigenvalue weighted by atomic mass is 79.9. The molecule has 0 aromatic rings. The van der Waals surface area contributed by atoms with Gasteiger partial charge in [-0.15, -0.1) is 11.8 Å². The fraction of sp³-hybridized carbons (Fsp3) is 0.700. The normalized spacial score (nSPS) is 21.1. The number of likely N-dealkylation sites (tertiary alicyclic amines) is 1. The zero-order valence-corrected chi connectivity index (χ0v) is 11.9. The summed E-state index contributed by atoms with van der Waals surface area (Å²) in [5.41, 5.74) is 0. The summed E-state index contributed by atoms with van der Waals surface area (Å²) in [4.78, 5) is 34.6. The highest BCUT2D eigenvalue weighted by Crippen LogP contribution is 2.23. The molecule has 8 heteroatoms. The molecule has 0 saturated carbocycles. The van der Waals surface area contributed by atoms with Gasteiger partial charge in [-0.25, -0.2) is 4.79 Å². The van der Waals surface area contributed by atoms with Crippen LogP contribution >= 0.6 is 27.7 Å². The van der Waals surface area contributed by atoms with Crippen LogP contribution in [0.2, 0.25) is 0 Å². The summed E-state index contributed by atoms with van der Waals surface area (Å²) in [6.07, 6.45) is 0.346. The Bertz CT molecular complexity index is 351. The van der Waals surface area contributed by atoms with Crippen LogP contribution in [0.3, 0.4) is 0 Å². The highest BCUT2D eigenvalue weighted by molar-refractivity contribution is 9.09. The Balaban J connectivity index is 2.59. The number of aliphatic carboxylic acids is 2. The second-order valence-corrected chi connectivity index (χ2v) is 5.71. The summed E-state index contributed by atoms with van der Waals surface area (Å²) in [7, 11) is 0. The van der Waals surface area contributed by atoms with Crippen LogP contribution < -0.4 is 0 Å².